The molecule has 160 valence electrons. The van der Waals surface area contributed by atoms with Crippen molar-refractivity contribution in [2.75, 3.05) is 43.5 Å². The van der Waals surface area contributed by atoms with Crippen molar-refractivity contribution in [2.24, 2.45) is 0 Å². The Bertz CT molecular complexity index is 1020. The van der Waals surface area contributed by atoms with Gasteiger partial charge >= 0.3 is 0 Å². The number of nitrogens with zero attached hydrogens (tertiary/aromatic N) is 2. The zero-order valence-corrected chi connectivity index (χ0v) is 19.1. The average molecular weight is 480 g/mol. The van der Waals surface area contributed by atoms with Crippen LogP contribution in [-0.4, -0.2) is 44.1 Å². The van der Waals surface area contributed by atoms with E-state index >= 15 is 0 Å². The fourth-order valence-electron chi connectivity index (χ4n) is 3.77. The van der Waals surface area contributed by atoms with Crippen molar-refractivity contribution in [3.05, 3.63) is 88.4 Å². The molecule has 31 heavy (non-hydrogen) atoms. The van der Waals surface area contributed by atoms with Crippen molar-refractivity contribution < 1.29 is 9.53 Å². The van der Waals surface area contributed by atoms with Crippen LogP contribution in [0.2, 0.25) is 0 Å². The van der Waals surface area contributed by atoms with Crippen LogP contribution >= 0.6 is 15.9 Å². The topological polar surface area (TPSA) is 44.8 Å². The van der Waals surface area contributed by atoms with Crippen molar-refractivity contribution in [1.29, 1.82) is 0 Å². The number of benzene rings is 3. The van der Waals surface area contributed by atoms with E-state index in [1.165, 1.54) is 11.3 Å². The second kappa shape index (κ2) is 9.98. The molecular formula is C25H26BrN3O2. The van der Waals surface area contributed by atoms with E-state index in [-0.39, 0.29) is 5.91 Å². The van der Waals surface area contributed by atoms with E-state index < -0.39 is 0 Å². The minimum absolute atomic E-state index is 0.173. The van der Waals surface area contributed by atoms with E-state index in [9.17, 15) is 4.79 Å². The summed E-state index contributed by atoms with van der Waals surface area (Å²) < 4.78 is 5.96. The molecule has 0 radical (unpaired) electrons. The predicted molar refractivity (Wildman–Crippen MR) is 129 cm³/mol. The second-order valence-electron chi connectivity index (χ2n) is 7.60. The summed E-state index contributed by atoms with van der Waals surface area (Å²) in [4.78, 5) is 17.6. The molecule has 1 aliphatic heterocycles. The van der Waals surface area contributed by atoms with Gasteiger partial charge in [0.25, 0.3) is 5.91 Å². The Hall–Kier alpha value is -2.83. The Morgan fingerprint density at radius 2 is 1.68 bits per heavy atom. The monoisotopic (exact) mass is 479 g/mol. The molecule has 6 heteroatoms. The van der Waals surface area contributed by atoms with Gasteiger partial charge < -0.3 is 15.0 Å². The Kier molecular flexibility index (Phi) is 6.89. The molecule has 3 aromatic carbocycles. The molecule has 0 bridgehead atoms. The number of amides is 1. The SMILES string of the molecule is COc1ccc(Br)c(C(=O)Nc2ccc(N3CCN(Cc4ccccc4)CC3)cc2)c1. The largest absolute Gasteiger partial charge is 0.497 e. The third kappa shape index (κ3) is 5.46. The van der Waals surface area contributed by atoms with Gasteiger partial charge in [0.15, 0.2) is 0 Å². The van der Waals surface area contributed by atoms with Gasteiger partial charge in [-0.3, -0.25) is 9.69 Å². The van der Waals surface area contributed by atoms with Gasteiger partial charge in [0.2, 0.25) is 0 Å². The van der Waals surface area contributed by atoms with Crippen LogP contribution in [0.3, 0.4) is 0 Å². The number of rotatable bonds is 6. The van der Waals surface area contributed by atoms with Crippen LogP contribution in [0.4, 0.5) is 11.4 Å². The molecule has 1 fully saturated rings. The minimum Gasteiger partial charge on any atom is -0.497 e. The standard InChI is InChI=1S/C25H26BrN3O2/c1-31-22-11-12-24(26)23(17-22)25(30)27-20-7-9-21(10-8-20)29-15-13-28(14-16-29)18-19-5-3-2-4-6-19/h2-12,17H,13-16,18H2,1H3,(H,27,30). The van der Waals surface area contributed by atoms with Gasteiger partial charge in [0, 0.05) is 48.6 Å². The average Bonchev–Trinajstić information content (AvgIpc) is 2.81. The molecule has 0 spiro atoms. The molecule has 0 atom stereocenters. The molecule has 5 nitrogen and oxygen atoms in total. The van der Waals surface area contributed by atoms with Crippen molar-refractivity contribution in [1.82, 2.24) is 4.90 Å². The van der Waals surface area contributed by atoms with Gasteiger partial charge in [-0.05, 0) is 64.0 Å². The summed E-state index contributed by atoms with van der Waals surface area (Å²) in [6.07, 6.45) is 0. The van der Waals surface area contributed by atoms with Gasteiger partial charge in [-0.2, -0.15) is 0 Å². The van der Waals surface area contributed by atoms with Crippen molar-refractivity contribution in [2.45, 2.75) is 6.54 Å². The molecular weight excluding hydrogens is 454 g/mol. The summed E-state index contributed by atoms with van der Waals surface area (Å²) in [6, 6.07) is 24.0. The smallest absolute Gasteiger partial charge is 0.256 e. The molecule has 0 unspecified atom stereocenters. The van der Waals surface area contributed by atoms with Crippen molar-refractivity contribution in [3.63, 3.8) is 0 Å². The summed E-state index contributed by atoms with van der Waals surface area (Å²) >= 11 is 3.44. The fraction of sp³-hybridized carbons (Fsp3) is 0.240. The summed E-state index contributed by atoms with van der Waals surface area (Å²) in [5, 5.41) is 2.96. The van der Waals surface area contributed by atoms with E-state index in [0.717, 1.165) is 42.9 Å². The number of halogens is 1. The number of methoxy groups -OCH3 is 1. The molecule has 1 amide bonds. The number of piperazine rings is 1. The molecule has 1 saturated heterocycles. The maximum atomic E-state index is 12.7. The Morgan fingerprint density at radius 1 is 0.968 bits per heavy atom. The van der Waals surface area contributed by atoms with Crippen LogP contribution < -0.4 is 15.0 Å². The third-order valence-electron chi connectivity index (χ3n) is 5.53. The summed E-state index contributed by atoms with van der Waals surface area (Å²) in [6.45, 7) is 5.07. The molecule has 3 aromatic rings. The van der Waals surface area contributed by atoms with Crippen LogP contribution in [0.25, 0.3) is 0 Å². The first kappa shape index (κ1) is 21.4. The molecule has 4 rings (SSSR count). The first-order valence-corrected chi connectivity index (χ1v) is 11.2. The van der Waals surface area contributed by atoms with Gasteiger partial charge in [-0.15, -0.1) is 0 Å². The van der Waals surface area contributed by atoms with Gasteiger partial charge in [0.1, 0.15) is 5.75 Å². The molecule has 0 aromatic heterocycles. The van der Waals surface area contributed by atoms with Gasteiger partial charge in [0.05, 0.1) is 12.7 Å². The lowest BCUT2D eigenvalue weighted by Gasteiger charge is -2.36. The summed E-state index contributed by atoms with van der Waals surface area (Å²) in [5.41, 5.74) is 3.85. The second-order valence-corrected chi connectivity index (χ2v) is 8.45. The summed E-state index contributed by atoms with van der Waals surface area (Å²) in [5.74, 6) is 0.475. The highest BCUT2D eigenvalue weighted by atomic mass is 79.9. The number of anilines is 2. The maximum absolute atomic E-state index is 12.7. The quantitative estimate of drug-likeness (QED) is 0.538. The lowest BCUT2D eigenvalue weighted by atomic mass is 10.1. The zero-order valence-electron chi connectivity index (χ0n) is 17.6. The summed E-state index contributed by atoms with van der Waals surface area (Å²) in [7, 11) is 1.59. The molecule has 0 saturated carbocycles. The highest BCUT2D eigenvalue weighted by Crippen LogP contribution is 2.25. The van der Waals surface area contributed by atoms with Crippen LogP contribution in [0.5, 0.6) is 5.75 Å². The number of carbonyl (C=O) groups is 1. The molecule has 0 aliphatic carbocycles. The Balaban J connectivity index is 1.33. The molecule has 1 heterocycles. The normalized spacial score (nSPS) is 14.3. The first-order chi connectivity index (χ1) is 15.1. The Labute approximate surface area is 191 Å². The van der Waals surface area contributed by atoms with E-state index in [1.807, 2.05) is 24.3 Å². The maximum Gasteiger partial charge on any atom is 0.256 e. The first-order valence-electron chi connectivity index (χ1n) is 10.4. The lowest BCUT2D eigenvalue weighted by Crippen LogP contribution is -2.45. The highest BCUT2D eigenvalue weighted by molar-refractivity contribution is 9.10. The number of hydrogen-bond donors (Lipinski definition) is 1. The number of nitrogens with one attached hydrogen (secondary N) is 1. The van der Waals surface area contributed by atoms with Crippen LogP contribution in [-0.2, 0) is 6.54 Å². The number of hydrogen-bond acceptors (Lipinski definition) is 4. The fourth-order valence-corrected chi connectivity index (χ4v) is 4.19. The van der Waals surface area contributed by atoms with E-state index in [4.69, 9.17) is 4.74 Å². The van der Waals surface area contributed by atoms with Gasteiger partial charge in [-0.1, -0.05) is 30.3 Å². The van der Waals surface area contributed by atoms with E-state index in [0.29, 0.717) is 11.3 Å². The third-order valence-corrected chi connectivity index (χ3v) is 6.22. The minimum atomic E-state index is -0.173. The highest BCUT2D eigenvalue weighted by Gasteiger charge is 2.18. The van der Waals surface area contributed by atoms with Crippen molar-refractivity contribution >= 4 is 33.2 Å². The van der Waals surface area contributed by atoms with Crippen LogP contribution in [0.1, 0.15) is 15.9 Å². The Morgan fingerprint density at radius 3 is 2.35 bits per heavy atom. The predicted octanol–water partition coefficient (Wildman–Crippen LogP) is 5.03. The zero-order chi connectivity index (χ0) is 21.6. The van der Waals surface area contributed by atoms with Crippen molar-refractivity contribution in [3.8, 4) is 5.75 Å². The molecule has 1 N–H and O–H groups in total. The van der Waals surface area contributed by atoms with Crippen LogP contribution in [0.15, 0.2) is 77.3 Å². The lowest BCUT2D eigenvalue weighted by molar-refractivity contribution is 0.102. The van der Waals surface area contributed by atoms with Crippen LogP contribution in [0, 0.1) is 0 Å². The number of carbonyl (C=O) groups excluding carboxylic acids is 1. The van der Waals surface area contributed by atoms with E-state index in [2.05, 4.69) is 73.5 Å². The molecule has 1 aliphatic rings. The van der Waals surface area contributed by atoms with Gasteiger partial charge in [-0.25, -0.2) is 0 Å². The number of ether oxygens (including phenoxy) is 1. The van der Waals surface area contributed by atoms with E-state index in [1.54, 1.807) is 13.2 Å².